The van der Waals surface area contributed by atoms with Crippen molar-refractivity contribution in [3.05, 3.63) is 0 Å². The average molecular weight is 146 g/mol. The van der Waals surface area contributed by atoms with Gasteiger partial charge in [0.1, 0.15) is 0 Å². The van der Waals surface area contributed by atoms with Gasteiger partial charge >= 0.3 is 5.97 Å². The van der Waals surface area contributed by atoms with E-state index in [0.29, 0.717) is 12.3 Å². The van der Waals surface area contributed by atoms with E-state index in [9.17, 15) is 4.79 Å². The third-order valence-electron chi connectivity index (χ3n) is 1.57. The van der Waals surface area contributed by atoms with E-state index in [1.807, 2.05) is 6.92 Å². The van der Waals surface area contributed by atoms with Gasteiger partial charge in [-0.2, -0.15) is 0 Å². The topological polar surface area (TPSA) is 37.3 Å². The van der Waals surface area contributed by atoms with Gasteiger partial charge < -0.3 is 5.11 Å². The molecule has 2 heteroatoms. The van der Waals surface area contributed by atoms with Crippen LogP contribution in [0.15, 0.2) is 0 Å². The van der Waals surface area contributed by atoms with E-state index in [0.717, 1.165) is 19.3 Å². The lowest BCUT2D eigenvalue weighted by molar-refractivity contribution is -0.138. The third-order valence-corrected chi connectivity index (χ3v) is 1.57. The highest BCUT2D eigenvalue weighted by Gasteiger charge is 2.05. The zero-order valence-electron chi connectivity index (χ0n) is 6.76. The highest BCUT2D eigenvalue weighted by atomic mass is 16.6. The van der Waals surface area contributed by atoms with Crippen LogP contribution < -0.4 is 0 Å². The molecule has 10 heavy (non-hydrogen) atoms. The molecule has 0 amide bonds. The van der Waals surface area contributed by atoms with Crippen LogP contribution >= 0.6 is 0 Å². The summed E-state index contributed by atoms with van der Waals surface area (Å²) in [6, 6.07) is 0. The number of rotatable bonds is 5. The van der Waals surface area contributed by atoms with Gasteiger partial charge in [-0.15, -0.1) is 0 Å². The molecule has 0 fully saturated rings. The normalized spacial score (nSPS) is 13.0. The Morgan fingerprint density at radius 1 is 1.60 bits per heavy atom. The maximum atomic E-state index is 10.2. The molecule has 0 unspecified atom stereocenters. The summed E-state index contributed by atoms with van der Waals surface area (Å²) in [7, 11) is 0. The predicted octanol–water partition coefficient (Wildman–Crippen LogP) is 2.29. The van der Waals surface area contributed by atoms with Crippen LogP contribution in [0.1, 0.15) is 39.5 Å². The first-order valence-corrected chi connectivity index (χ1v) is 3.88. The standard InChI is InChI=1S/C8H16O2/c1-3-4-5-7(2)6-8(9)10/h7H,3-6H2,1-2H3,(H,9,10)/t7-/m0/s1/i8+2. The van der Waals surface area contributed by atoms with E-state index in [1.54, 1.807) is 0 Å². The van der Waals surface area contributed by atoms with Crippen molar-refractivity contribution in [2.24, 2.45) is 5.92 Å². The zero-order chi connectivity index (χ0) is 7.98. The molecule has 1 N–H and O–H groups in total. The van der Waals surface area contributed by atoms with E-state index >= 15 is 0 Å². The molecule has 0 rings (SSSR count). The van der Waals surface area contributed by atoms with Crippen LogP contribution in [-0.2, 0) is 4.79 Å². The Morgan fingerprint density at radius 3 is 2.60 bits per heavy atom. The van der Waals surface area contributed by atoms with Crippen molar-refractivity contribution in [3.63, 3.8) is 0 Å². The van der Waals surface area contributed by atoms with Crippen molar-refractivity contribution in [1.82, 2.24) is 0 Å². The van der Waals surface area contributed by atoms with Gasteiger partial charge in [0.25, 0.3) is 0 Å². The summed E-state index contributed by atoms with van der Waals surface area (Å²) in [5.41, 5.74) is 0. The molecular weight excluding hydrogens is 130 g/mol. The number of carbonyl (C=O) groups is 1. The second-order valence-corrected chi connectivity index (χ2v) is 2.85. The minimum Gasteiger partial charge on any atom is -0.481 e. The predicted molar refractivity (Wildman–Crippen MR) is 40.9 cm³/mol. The maximum Gasteiger partial charge on any atom is 0.303 e. The molecule has 0 aliphatic carbocycles. The molecule has 0 aromatic heterocycles. The smallest absolute Gasteiger partial charge is 0.303 e. The number of hydrogen-bond donors (Lipinski definition) is 1. The lowest BCUT2D eigenvalue weighted by atomic mass is 10.1. The van der Waals surface area contributed by atoms with E-state index in [1.165, 1.54) is 0 Å². The van der Waals surface area contributed by atoms with E-state index in [2.05, 4.69) is 6.92 Å². The third kappa shape index (κ3) is 5.60. The van der Waals surface area contributed by atoms with Crippen LogP contribution in [0.3, 0.4) is 0 Å². The molecule has 0 aliphatic rings. The Bertz CT molecular complexity index is 99.4. The van der Waals surface area contributed by atoms with Crippen molar-refractivity contribution in [3.8, 4) is 0 Å². The molecule has 0 aromatic rings. The van der Waals surface area contributed by atoms with Crippen molar-refractivity contribution in [1.29, 1.82) is 0 Å². The number of carboxylic acids is 1. The first-order chi connectivity index (χ1) is 4.66. The van der Waals surface area contributed by atoms with Crippen LogP contribution in [0, 0.1) is 5.92 Å². The molecule has 0 aliphatic heterocycles. The van der Waals surface area contributed by atoms with Gasteiger partial charge in [0.15, 0.2) is 0 Å². The van der Waals surface area contributed by atoms with E-state index < -0.39 is 5.97 Å². The minimum atomic E-state index is -0.677. The Hall–Kier alpha value is -0.530. The number of aliphatic carboxylic acids is 1. The Morgan fingerprint density at radius 2 is 2.20 bits per heavy atom. The number of hydrogen-bond acceptors (Lipinski definition) is 1. The summed E-state index contributed by atoms with van der Waals surface area (Å²) in [5, 5.41) is 8.38. The number of unbranched alkanes of at least 4 members (excludes halogenated alkanes) is 1. The highest BCUT2D eigenvalue weighted by Crippen LogP contribution is 2.10. The van der Waals surface area contributed by atoms with Crippen molar-refractivity contribution < 1.29 is 9.90 Å². The van der Waals surface area contributed by atoms with Gasteiger partial charge in [-0.25, -0.2) is 0 Å². The molecular formula is C8H16O2. The molecule has 60 valence electrons. The summed E-state index contributed by atoms with van der Waals surface area (Å²) in [4.78, 5) is 10.2. The van der Waals surface area contributed by atoms with Crippen LogP contribution in [0.4, 0.5) is 0 Å². The fourth-order valence-corrected chi connectivity index (χ4v) is 0.953. The quantitative estimate of drug-likeness (QED) is 0.646. The van der Waals surface area contributed by atoms with Crippen LogP contribution in [0.25, 0.3) is 0 Å². The molecule has 0 heterocycles. The van der Waals surface area contributed by atoms with Gasteiger partial charge in [0, 0.05) is 6.42 Å². The first kappa shape index (κ1) is 9.47. The first-order valence-electron chi connectivity index (χ1n) is 3.88. The van der Waals surface area contributed by atoms with Gasteiger partial charge in [-0.1, -0.05) is 33.1 Å². The van der Waals surface area contributed by atoms with Crippen LogP contribution in [0.2, 0.25) is 0 Å². The van der Waals surface area contributed by atoms with Crippen molar-refractivity contribution >= 4 is 5.97 Å². The maximum absolute atomic E-state index is 10.2. The second kappa shape index (κ2) is 5.27. The fourth-order valence-electron chi connectivity index (χ4n) is 0.953. The summed E-state index contributed by atoms with van der Waals surface area (Å²) < 4.78 is 0. The van der Waals surface area contributed by atoms with Crippen molar-refractivity contribution in [2.75, 3.05) is 0 Å². The lowest BCUT2D eigenvalue weighted by Gasteiger charge is -2.05. The highest BCUT2D eigenvalue weighted by molar-refractivity contribution is 5.66. The molecule has 0 aromatic carbocycles. The molecule has 0 saturated heterocycles. The van der Waals surface area contributed by atoms with Gasteiger partial charge in [0.05, 0.1) is 0 Å². The summed E-state index contributed by atoms with van der Waals surface area (Å²) in [6.45, 7) is 4.11. The molecule has 0 bridgehead atoms. The Kier molecular flexibility index (Phi) is 4.99. The fraction of sp³-hybridized carbons (Fsp3) is 0.875. The minimum absolute atomic E-state index is 0.319. The summed E-state index contributed by atoms with van der Waals surface area (Å²) >= 11 is 0. The van der Waals surface area contributed by atoms with E-state index in [4.69, 9.17) is 5.11 Å². The average Bonchev–Trinajstić information content (AvgIpc) is 1.82. The summed E-state index contributed by atoms with van der Waals surface area (Å²) in [6.07, 6.45) is 3.67. The Balaban J connectivity index is 3.25. The van der Waals surface area contributed by atoms with E-state index in [-0.39, 0.29) is 0 Å². The molecule has 0 radical (unpaired) electrons. The Labute approximate surface area is 62.2 Å². The van der Waals surface area contributed by atoms with Gasteiger partial charge in [-0.3, -0.25) is 4.79 Å². The molecule has 0 spiro atoms. The SMILES string of the molecule is CCCC[C@H](C)C[14C](=O)O. The number of carboxylic acid groups (broad SMARTS) is 1. The molecule has 2 nitrogen and oxygen atoms in total. The van der Waals surface area contributed by atoms with Gasteiger partial charge in [-0.05, 0) is 5.92 Å². The summed E-state index contributed by atoms with van der Waals surface area (Å²) in [5.74, 6) is -0.332. The second-order valence-electron chi connectivity index (χ2n) is 2.85. The van der Waals surface area contributed by atoms with Gasteiger partial charge in [0.2, 0.25) is 0 Å². The molecule has 1 atom stereocenters. The monoisotopic (exact) mass is 146 g/mol. The van der Waals surface area contributed by atoms with Crippen LogP contribution in [0.5, 0.6) is 0 Å². The van der Waals surface area contributed by atoms with Crippen molar-refractivity contribution in [2.45, 2.75) is 39.5 Å². The lowest BCUT2D eigenvalue weighted by Crippen LogP contribution is -2.03. The largest absolute Gasteiger partial charge is 0.481 e. The molecule has 0 saturated carbocycles. The van der Waals surface area contributed by atoms with Crippen LogP contribution in [-0.4, -0.2) is 11.1 Å². The zero-order valence-corrected chi connectivity index (χ0v) is 6.76.